The van der Waals surface area contributed by atoms with Crippen LogP contribution in [-0.4, -0.2) is 41.7 Å². The number of sulfonamides is 1. The molecule has 1 amide bonds. The van der Waals surface area contributed by atoms with E-state index in [2.05, 4.69) is 15.3 Å². The number of nitrogens with one attached hydrogen (secondary N) is 1. The van der Waals surface area contributed by atoms with Crippen LogP contribution in [0, 0.1) is 0 Å². The minimum Gasteiger partial charge on any atom is -0.349 e. The number of amides is 1. The summed E-state index contributed by atoms with van der Waals surface area (Å²) in [6.07, 6.45) is 4.81. The Morgan fingerprint density at radius 1 is 1.24 bits per heavy atom. The summed E-state index contributed by atoms with van der Waals surface area (Å²) < 4.78 is 26.2. The van der Waals surface area contributed by atoms with Gasteiger partial charge in [0.05, 0.1) is 17.0 Å². The number of hydrogen-bond donors (Lipinski definition) is 1. The maximum absolute atomic E-state index is 12.5. The van der Waals surface area contributed by atoms with Crippen LogP contribution in [0.2, 0.25) is 5.02 Å². The second-order valence-corrected chi connectivity index (χ2v) is 8.33. The lowest BCUT2D eigenvalue weighted by Gasteiger charge is -2.16. The van der Waals surface area contributed by atoms with Gasteiger partial charge in [0.25, 0.3) is 5.91 Å². The van der Waals surface area contributed by atoms with Crippen LogP contribution in [0.25, 0.3) is 0 Å². The van der Waals surface area contributed by atoms with Crippen LogP contribution in [-0.2, 0) is 16.6 Å². The predicted octanol–water partition coefficient (Wildman–Crippen LogP) is 1.84. The molecule has 1 aromatic heterocycles. The Morgan fingerprint density at radius 3 is 2.40 bits per heavy atom. The van der Waals surface area contributed by atoms with Gasteiger partial charge in [-0.1, -0.05) is 11.6 Å². The van der Waals surface area contributed by atoms with Gasteiger partial charge in [-0.15, -0.1) is 0 Å². The number of carbonyl (C=O) groups excluding carboxylic acids is 1. The van der Waals surface area contributed by atoms with Crippen LogP contribution in [0.5, 0.6) is 0 Å². The Balaban J connectivity index is 1.68. The van der Waals surface area contributed by atoms with E-state index in [9.17, 15) is 13.2 Å². The van der Waals surface area contributed by atoms with E-state index in [4.69, 9.17) is 11.6 Å². The maximum Gasteiger partial charge on any atom is 0.254 e. The second kappa shape index (κ2) is 7.07. The van der Waals surface area contributed by atoms with Gasteiger partial charge in [-0.3, -0.25) is 4.79 Å². The Hall–Kier alpha value is -2.03. The Bertz CT molecular complexity index is 865. The van der Waals surface area contributed by atoms with E-state index in [0.717, 1.165) is 17.1 Å². The fourth-order valence-corrected chi connectivity index (χ4v) is 3.37. The van der Waals surface area contributed by atoms with Gasteiger partial charge >= 0.3 is 0 Å². The van der Waals surface area contributed by atoms with Gasteiger partial charge in [0, 0.05) is 30.5 Å². The molecule has 0 unspecified atom stereocenters. The molecule has 0 saturated heterocycles. The molecule has 1 fully saturated rings. The maximum atomic E-state index is 12.5. The quantitative estimate of drug-likeness (QED) is 0.825. The van der Waals surface area contributed by atoms with Crippen LogP contribution >= 0.6 is 11.6 Å². The number of nitrogens with zero attached hydrogens (tertiary/aromatic N) is 3. The molecule has 0 atom stereocenters. The van der Waals surface area contributed by atoms with E-state index >= 15 is 0 Å². The molecule has 9 heteroatoms. The van der Waals surface area contributed by atoms with Crippen molar-refractivity contribution in [3.8, 4) is 0 Å². The van der Waals surface area contributed by atoms with E-state index in [1.54, 1.807) is 0 Å². The van der Waals surface area contributed by atoms with Crippen molar-refractivity contribution in [3.63, 3.8) is 0 Å². The third-order valence-corrected chi connectivity index (χ3v) is 5.84. The number of carbonyl (C=O) groups is 1. The van der Waals surface area contributed by atoms with Crippen molar-refractivity contribution in [2.45, 2.75) is 30.3 Å². The van der Waals surface area contributed by atoms with Crippen molar-refractivity contribution in [1.82, 2.24) is 19.6 Å². The summed E-state index contributed by atoms with van der Waals surface area (Å²) >= 11 is 5.79. The first-order valence-corrected chi connectivity index (χ1v) is 9.52. The van der Waals surface area contributed by atoms with Crippen molar-refractivity contribution < 1.29 is 13.2 Å². The minimum absolute atomic E-state index is 0.00448. The lowest BCUT2D eigenvalue weighted by molar-refractivity contribution is 0.0950. The summed E-state index contributed by atoms with van der Waals surface area (Å²) in [6, 6.07) is 6.18. The average Bonchev–Trinajstić information content (AvgIpc) is 3.39. The molecule has 1 heterocycles. The van der Waals surface area contributed by atoms with Gasteiger partial charge < -0.3 is 5.32 Å². The Kier molecular flexibility index (Phi) is 5.03. The van der Waals surface area contributed by atoms with Crippen molar-refractivity contribution in [2.75, 3.05) is 7.05 Å². The number of halogens is 1. The smallest absolute Gasteiger partial charge is 0.254 e. The number of aromatic nitrogens is 2. The SMILES string of the molecule is CN(Cc1ncc(C(=O)NC2CC2)cn1)S(=O)(=O)c1ccc(Cl)cc1. The van der Waals surface area contributed by atoms with E-state index in [0.29, 0.717) is 16.4 Å². The fraction of sp³-hybridized carbons (Fsp3) is 0.312. The highest BCUT2D eigenvalue weighted by molar-refractivity contribution is 7.89. The Labute approximate surface area is 151 Å². The molecule has 0 radical (unpaired) electrons. The van der Waals surface area contributed by atoms with Crippen LogP contribution < -0.4 is 5.32 Å². The van der Waals surface area contributed by atoms with E-state index < -0.39 is 10.0 Å². The summed E-state index contributed by atoms with van der Waals surface area (Å²) in [4.78, 5) is 20.2. The monoisotopic (exact) mass is 380 g/mol. The van der Waals surface area contributed by atoms with Crippen LogP contribution in [0.4, 0.5) is 0 Å². The molecule has 1 saturated carbocycles. The first kappa shape index (κ1) is 17.8. The summed E-state index contributed by atoms with van der Waals surface area (Å²) in [5, 5.41) is 3.31. The lowest BCUT2D eigenvalue weighted by Crippen LogP contribution is -2.28. The van der Waals surface area contributed by atoms with Gasteiger partial charge in [0.2, 0.25) is 10.0 Å². The van der Waals surface area contributed by atoms with Gasteiger partial charge in [-0.05, 0) is 37.1 Å². The third-order valence-electron chi connectivity index (χ3n) is 3.77. The molecule has 2 aromatic rings. The molecular formula is C16H17ClN4O3S. The topological polar surface area (TPSA) is 92.3 Å². The molecule has 1 aromatic carbocycles. The normalized spacial score (nSPS) is 14.5. The third kappa shape index (κ3) is 4.33. The van der Waals surface area contributed by atoms with Gasteiger partial charge in [0.1, 0.15) is 5.82 Å². The highest BCUT2D eigenvalue weighted by atomic mass is 35.5. The van der Waals surface area contributed by atoms with Gasteiger partial charge in [0.15, 0.2) is 0 Å². The van der Waals surface area contributed by atoms with Crippen molar-refractivity contribution in [3.05, 3.63) is 53.1 Å². The second-order valence-electron chi connectivity index (χ2n) is 5.85. The van der Waals surface area contributed by atoms with Crippen LogP contribution in [0.1, 0.15) is 29.0 Å². The molecule has 25 heavy (non-hydrogen) atoms. The standard InChI is InChI=1S/C16H17ClN4O3S/c1-21(25(23,24)14-6-2-12(17)3-7-14)10-15-18-8-11(9-19-15)16(22)20-13-4-5-13/h2-3,6-9,13H,4-5,10H2,1H3,(H,20,22). The average molecular weight is 381 g/mol. The highest BCUT2D eigenvalue weighted by Gasteiger charge is 2.24. The first-order valence-electron chi connectivity index (χ1n) is 7.70. The van der Waals surface area contributed by atoms with E-state index in [1.165, 1.54) is 43.7 Å². The van der Waals surface area contributed by atoms with Crippen molar-refractivity contribution in [1.29, 1.82) is 0 Å². The molecule has 1 aliphatic rings. The molecule has 1 aliphatic carbocycles. The summed E-state index contributed by atoms with van der Waals surface area (Å²) in [7, 11) is -2.23. The Morgan fingerprint density at radius 2 is 1.84 bits per heavy atom. The molecule has 7 nitrogen and oxygen atoms in total. The van der Waals surface area contributed by atoms with E-state index in [-0.39, 0.29) is 23.4 Å². The lowest BCUT2D eigenvalue weighted by atomic mass is 10.3. The molecule has 0 spiro atoms. The largest absolute Gasteiger partial charge is 0.349 e. The zero-order valence-corrected chi connectivity index (χ0v) is 15.1. The highest BCUT2D eigenvalue weighted by Crippen LogP contribution is 2.20. The molecule has 132 valence electrons. The minimum atomic E-state index is -3.67. The van der Waals surface area contributed by atoms with Crippen molar-refractivity contribution in [2.24, 2.45) is 0 Å². The zero-order chi connectivity index (χ0) is 18.0. The molecule has 0 aliphatic heterocycles. The predicted molar refractivity (Wildman–Crippen MR) is 92.6 cm³/mol. The van der Waals surface area contributed by atoms with Crippen LogP contribution in [0.3, 0.4) is 0 Å². The molecular weight excluding hydrogens is 364 g/mol. The molecule has 1 N–H and O–H groups in total. The summed E-state index contributed by atoms with van der Waals surface area (Å²) in [5.41, 5.74) is 0.360. The van der Waals surface area contributed by atoms with Crippen molar-refractivity contribution >= 4 is 27.5 Å². The number of hydrogen-bond acceptors (Lipinski definition) is 5. The van der Waals surface area contributed by atoms with Gasteiger partial charge in [-0.2, -0.15) is 4.31 Å². The number of rotatable bonds is 6. The zero-order valence-electron chi connectivity index (χ0n) is 13.5. The number of benzene rings is 1. The van der Waals surface area contributed by atoms with Gasteiger partial charge in [-0.25, -0.2) is 18.4 Å². The molecule has 0 bridgehead atoms. The van der Waals surface area contributed by atoms with Crippen LogP contribution in [0.15, 0.2) is 41.6 Å². The molecule has 3 rings (SSSR count). The fourth-order valence-electron chi connectivity index (χ4n) is 2.12. The summed E-state index contributed by atoms with van der Waals surface area (Å²) in [6.45, 7) is -0.00448. The first-order chi connectivity index (χ1) is 11.9. The van der Waals surface area contributed by atoms with E-state index in [1.807, 2.05) is 0 Å². The summed E-state index contributed by atoms with van der Waals surface area (Å²) in [5.74, 6) is 0.0965.